The van der Waals surface area contributed by atoms with Crippen molar-refractivity contribution in [3.8, 4) is 0 Å². The summed E-state index contributed by atoms with van der Waals surface area (Å²) in [5.41, 5.74) is 1.66. The van der Waals surface area contributed by atoms with Crippen LogP contribution in [0.15, 0.2) is 29.3 Å². The molecular weight excluding hydrogens is 500 g/mol. The van der Waals surface area contributed by atoms with E-state index in [1.165, 1.54) is 0 Å². The Morgan fingerprint density at radius 3 is 2.34 bits per heavy atom. The van der Waals surface area contributed by atoms with Crippen molar-refractivity contribution in [1.29, 1.82) is 0 Å². The third kappa shape index (κ3) is 14.5. The van der Waals surface area contributed by atoms with Crippen LogP contribution in [-0.4, -0.2) is 70.6 Å². The molecule has 2 N–H and O–H groups in total. The minimum Gasteiger partial charge on any atom is -0.383 e. The zero-order valence-corrected chi connectivity index (χ0v) is 19.5. The summed E-state index contributed by atoms with van der Waals surface area (Å²) in [6, 6.07) is 7.20. The van der Waals surface area contributed by atoms with Crippen molar-refractivity contribution in [2.24, 2.45) is 4.99 Å². The summed E-state index contributed by atoms with van der Waals surface area (Å²) in [4.78, 5) is 6.70. The van der Waals surface area contributed by atoms with Crippen LogP contribution < -0.4 is 10.6 Å². The summed E-state index contributed by atoms with van der Waals surface area (Å²) >= 11 is 0. The second-order valence-corrected chi connectivity index (χ2v) is 6.34. The number of ether oxygens (including phenoxy) is 2. The van der Waals surface area contributed by atoms with Crippen LogP contribution in [-0.2, 0) is 22.6 Å². The summed E-state index contributed by atoms with van der Waals surface area (Å²) in [6.45, 7) is 5.09. The van der Waals surface area contributed by atoms with Crippen LogP contribution >= 0.6 is 24.0 Å². The normalized spacial score (nSPS) is 12.0. The Hall–Kier alpha value is -1.11. The van der Waals surface area contributed by atoms with Gasteiger partial charge in [-0.05, 0) is 25.1 Å². The van der Waals surface area contributed by atoms with E-state index < -0.39 is 12.8 Å². The largest absolute Gasteiger partial charge is 0.411 e. The predicted octanol–water partition coefficient (Wildman–Crippen LogP) is 3.02. The molecule has 0 unspecified atom stereocenters. The van der Waals surface area contributed by atoms with Gasteiger partial charge in [0.1, 0.15) is 6.61 Å². The molecule has 0 atom stereocenters. The van der Waals surface area contributed by atoms with E-state index in [4.69, 9.17) is 4.74 Å². The number of likely N-dealkylation sites (N-methyl/N-ethyl adjacent to an activating group) is 1. The molecule has 1 aromatic rings. The van der Waals surface area contributed by atoms with Gasteiger partial charge in [0.15, 0.2) is 5.96 Å². The molecule has 29 heavy (non-hydrogen) atoms. The molecule has 0 bridgehead atoms. The van der Waals surface area contributed by atoms with Gasteiger partial charge in [0, 0.05) is 33.3 Å². The van der Waals surface area contributed by atoms with Crippen molar-refractivity contribution in [2.45, 2.75) is 26.3 Å². The molecule has 10 heteroatoms. The molecule has 6 nitrogen and oxygen atoms in total. The lowest BCUT2D eigenvalue weighted by Gasteiger charge is -2.17. The number of nitrogens with zero attached hydrogens (tertiary/aromatic N) is 2. The summed E-state index contributed by atoms with van der Waals surface area (Å²) in [5, 5.41) is 6.47. The number of hydrogen-bond donors (Lipinski definition) is 2. The maximum absolute atomic E-state index is 12.1. The number of benzene rings is 1. The van der Waals surface area contributed by atoms with Gasteiger partial charge in [-0.15, -0.1) is 24.0 Å². The molecule has 0 radical (unpaired) electrons. The number of alkyl halides is 3. The molecule has 168 valence electrons. The Morgan fingerprint density at radius 1 is 1.10 bits per heavy atom. The lowest BCUT2D eigenvalue weighted by molar-refractivity contribution is -0.176. The summed E-state index contributed by atoms with van der Waals surface area (Å²) in [6.07, 6.45) is -4.30. The third-order valence-electron chi connectivity index (χ3n) is 3.78. The van der Waals surface area contributed by atoms with Gasteiger partial charge in [-0.3, -0.25) is 0 Å². The molecule has 1 aromatic carbocycles. The zero-order valence-electron chi connectivity index (χ0n) is 17.2. The van der Waals surface area contributed by atoms with E-state index in [1.54, 1.807) is 19.2 Å². The Labute approximate surface area is 188 Å². The number of halogens is 4. The molecule has 0 aliphatic heterocycles. The molecule has 1 rings (SSSR count). The molecule has 0 spiro atoms. The van der Waals surface area contributed by atoms with Crippen molar-refractivity contribution < 1.29 is 22.6 Å². The fourth-order valence-electron chi connectivity index (χ4n) is 2.26. The van der Waals surface area contributed by atoms with E-state index in [9.17, 15) is 13.2 Å². The van der Waals surface area contributed by atoms with Crippen LogP contribution in [0.1, 0.15) is 18.1 Å². The van der Waals surface area contributed by atoms with Crippen LogP contribution in [0.2, 0.25) is 0 Å². The van der Waals surface area contributed by atoms with Crippen LogP contribution in [0.25, 0.3) is 0 Å². The van der Waals surface area contributed by atoms with E-state index >= 15 is 0 Å². The standard InChI is InChI=1S/C19H31F3N4O2.HI/c1-4-23-18(24-9-10-26(2)11-12-27-3)25-13-16-5-7-17(8-6-16)14-28-15-19(20,21)22;/h5-8H,4,9-15H2,1-3H3,(H2,23,24,25);1H. The van der Waals surface area contributed by atoms with Crippen molar-refractivity contribution in [3.05, 3.63) is 35.4 Å². The van der Waals surface area contributed by atoms with Gasteiger partial charge in [-0.25, -0.2) is 4.99 Å². The summed E-state index contributed by atoms with van der Waals surface area (Å²) < 4.78 is 46.0. The lowest BCUT2D eigenvalue weighted by Crippen LogP contribution is -2.41. The average Bonchev–Trinajstić information content (AvgIpc) is 2.64. The summed E-state index contributed by atoms with van der Waals surface area (Å²) in [5.74, 6) is 0.722. The van der Waals surface area contributed by atoms with Gasteiger partial charge in [0.2, 0.25) is 0 Å². The van der Waals surface area contributed by atoms with Gasteiger partial charge < -0.3 is 25.0 Å². The SMILES string of the molecule is CCNC(=NCc1ccc(COCC(F)(F)F)cc1)NCCN(C)CCOC.I. The van der Waals surface area contributed by atoms with E-state index in [0.717, 1.165) is 37.7 Å². The fraction of sp³-hybridized carbons (Fsp3) is 0.632. The van der Waals surface area contributed by atoms with E-state index in [-0.39, 0.29) is 30.6 Å². The number of methoxy groups -OCH3 is 1. The van der Waals surface area contributed by atoms with Crippen molar-refractivity contribution in [1.82, 2.24) is 15.5 Å². The second kappa shape index (κ2) is 15.7. The molecular formula is C19H32F3IN4O2. The minimum atomic E-state index is -4.30. The van der Waals surface area contributed by atoms with Crippen LogP contribution in [0.3, 0.4) is 0 Å². The van der Waals surface area contributed by atoms with Crippen LogP contribution in [0, 0.1) is 0 Å². The molecule has 0 amide bonds. The highest BCUT2D eigenvalue weighted by molar-refractivity contribution is 14.0. The highest BCUT2D eigenvalue weighted by Crippen LogP contribution is 2.16. The third-order valence-corrected chi connectivity index (χ3v) is 3.78. The van der Waals surface area contributed by atoms with Gasteiger partial charge in [-0.1, -0.05) is 24.3 Å². The predicted molar refractivity (Wildman–Crippen MR) is 120 cm³/mol. The highest BCUT2D eigenvalue weighted by Gasteiger charge is 2.27. The maximum Gasteiger partial charge on any atom is 0.411 e. The number of nitrogens with one attached hydrogen (secondary N) is 2. The first-order valence-corrected chi connectivity index (χ1v) is 9.26. The molecule has 0 heterocycles. The second-order valence-electron chi connectivity index (χ2n) is 6.34. The lowest BCUT2D eigenvalue weighted by atomic mass is 10.1. The Morgan fingerprint density at radius 2 is 1.76 bits per heavy atom. The summed E-state index contributed by atoms with van der Waals surface area (Å²) in [7, 11) is 3.72. The van der Waals surface area contributed by atoms with Crippen molar-refractivity contribution in [3.63, 3.8) is 0 Å². The molecule has 0 fully saturated rings. The van der Waals surface area contributed by atoms with E-state index in [0.29, 0.717) is 18.7 Å². The van der Waals surface area contributed by atoms with E-state index in [2.05, 4.69) is 25.3 Å². The monoisotopic (exact) mass is 532 g/mol. The van der Waals surface area contributed by atoms with Gasteiger partial charge >= 0.3 is 6.18 Å². The minimum absolute atomic E-state index is 0. The number of guanidine groups is 1. The topological polar surface area (TPSA) is 58.1 Å². The number of aliphatic imine (C=N–C) groups is 1. The van der Waals surface area contributed by atoms with Gasteiger partial charge in [0.05, 0.1) is 19.8 Å². The van der Waals surface area contributed by atoms with Crippen LogP contribution in [0.5, 0.6) is 0 Å². The molecule has 0 aliphatic carbocycles. The number of hydrogen-bond acceptors (Lipinski definition) is 4. The Kier molecular flexibility index (Phi) is 15.1. The average molecular weight is 532 g/mol. The Balaban J connectivity index is 0.00000784. The van der Waals surface area contributed by atoms with Gasteiger partial charge in [-0.2, -0.15) is 13.2 Å². The molecule has 0 saturated heterocycles. The fourth-order valence-corrected chi connectivity index (χ4v) is 2.26. The zero-order chi connectivity index (χ0) is 20.8. The molecule has 0 aromatic heterocycles. The van der Waals surface area contributed by atoms with Gasteiger partial charge in [0.25, 0.3) is 0 Å². The smallest absolute Gasteiger partial charge is 0.383 e. The maximum atomic E-state index is 12.1. The molecule has 0 saturated carbocycles. The van der Waals surface area contributed by atoms with Crippen molar-refractivity contribution in [2.75, 3.05) is 53.6 Å². The van der Waals surface area contributed by atoms with E-state index in [1.807, 2.05) is 26.1 Å². The number of rotatable bonds is 12. The first-order chi connectivity index (χ1) is 13.3. The first-order valence-electron chi connectivity index (χ1n) is 9.26. The highest BCUT2D eigenvalue weighted by atomic mass is 127. The molecule has 0 aliphatic rings. The van der Waals surface area contributed by atoms with Crippen LogP contribution in [0.4, 0.5) is 13.2 Å². The Bertz CT molecular complexity index is 572. The quantitative estimate of drug-likeness (QED) is 0.246. The first kappa shape index (κ1) is 27.9. The van der Waals surface area contributed by atoms with Crippen molar-refractivity contribution >= 4 is 29.9 Å².